The van der Waals surface area contributed by atoms with E-state index in [1.54, 1.807) is 18.2 Å². The minimum Gasteiger partial charge on any atom is -0.343 e. The highest BCUT2D eigenvalue weighted by Crippen LogP contribution is 2.26. The first-order chi connectivity index (χ1) is 11.9. The first-order valence-corrected chi connectivity index (χ1v) is 9.06. The molecule has 2 aliphatic heterocycles. The van der Waals surface area contributed by atoms with Gasteiger partial charge >= 0.3 is 0 Å². The molecule has 8 heteroatoms. The standard InChI is InChI=1S/C17H20Cl2N4O2/c1-10-4-6-23(7-5-10)17-21-14(16(25)22-17)9-15(24)20-13-8-11(18)2-3-12(13)19/h2-3,8,10,14H,4-7,9H2,1H3,(H,20,24)(H,21,22,25)/t14-/m1/s1. The van der Waals surface area contributed by atoms with E-state index < -0.39 is 6.04 Å². The fraction of sp³-hybridized carbons (Fsp3) is 0.471. The molecule has 1 saturated heterocycles. The smallest absolute Gasteiger partial charge is 0.252 e. The number of aliphatic imine (C=N–C) groups is 1. The number of rotatable bonds is 3. The molecule has 3 rings (SSSR count). The maximum absolute atomic E-state index is 12.2. The van der Waals surface area contributed by atoms with Gasteiger partial charge in [0.05, 0.1) is 17.1 Å². The number of piperidine rings is 1. The Bertz CT molecular complexity index is 715. The lowest BCUT2D eigenvalue weighted by Crippen LogP contribution is -2.44. The summed E-state index contributed by atoms with van der Waals surface area (Å²) in [5.41, 5.74) is 0.423. The number of anilines is 1. The summed E-state index contributed by atoms with van der Waals surface area (Å²) in [6.07, 6.45) is 2.11. The number of hydrogen-bond acceptors (Lipinski definition) is 4. The van der Waals surface area contributed by atoms with Crippen molar-refractivity contribution in [2.24, 2.45) is 10.9 Å². The van der Waals surface area contributed by atoms with Crippen molar-refractivity contribution in [2.45, 2.75) is 32.2 Å². The largest absolute Gasteiger partial charge is 0.343 e. The molecule has 2 heterocycles. The molecule has 6 nitrogen and oxygen atoms in total. The molecule has 2 aliphatic rings. The molecule has 2 N–H and O–H groups in total. The lowest BCUT2D eigenvalue weighted by molar-refractivity contribution is -0.124. The van der Waals surface area contributed by atoms with Crippen LogP contribution in [0.3, 0.4) is 0 Å². The summed E-state index contributed by atoms with van der Waals surface area (Å²) in [7, 11) is 0. The van der Waals surface area contributed by atoms with Crippen molar-refractivity contribution in [1.82, 2.24) is 10.2 Å². The van der Waals surface area contributed by atoms with Gasteiger partial charge in [0.1, 0.15) is 6.04 Å². The van der Waals surface area contributed by atoms with Crippen LogP contribution in [0.4, 0.5) is 5.69 Å². The maximum Gasteiger partial charge on any atom is 0.252 e. The van der Waals surface area contributed by atoms with E-state index in [-0.39, 0.29) is 18.2 Å². The molecular weight excluding hydrogens is 363 g/mol. The predicted molar refractivity (Wildman–Crippen MR) is 99.0 cm³/mol. The molecule has 0 spiro atoms. The van der Waals surface area contributed by atoms with Crippen LogP contribution in [0.25, 0.3) is 0 Å². The highest BCUT2D eigenvalue weighted by atomic mass is 35.5. The molecule has 1 aromatic rings. The number of halogens is 2. The number of guanidine groups is 1. The Labute approximate surface area is 156 Å². The van der Waals surface area contributed by atoms with Gasteiger partial charge in [-0.2, -0.15) is 0 Å². The molecule has 25 heavy (non-hydrogen) atoms. The number of carbonyl (C=O) groups is 2. The summed E-state index contributed by atoms with van der Waals surface area (Å²) in [6.45, 7) is 3.97. The van der Waals surface area contributed by atoms with Gasteiger partial charge in [-0.3, -0.25) is 14.9 Å². The third-order valence-electron chi connectivity index (χ3n) is 4.48. The quantitative estimate of drug-likeness (QED) is 0.843. The van der Waals surface area contributed by atoms with Crippen molar-refractivity contribution in [2.75, 3.05) is 18.4 Å². The third kappa shape index (κ3) is 4.44. The molecule has 0 saturated carbocycles. The van der Waals surface area contributed by atoms with E-state index in [0.29, 0.717) is 27.6 Å². The molecule has 134 valence electrons. The second kappa shape index (κ2) is 7.62. The van der Waals surface area contributed by atoms with Crippen molar-refractivity contribution < 1.29 is 9.59 Å². The fourth-order valence-electron chi connectivity index (χ4n) is 2.92. The van der Waals surface area contributed by atoms with Crippen molar-refractivity contribution in [3.05, 3.63) is 28.2 Å². The maximum atomic E-state index is 12.2. The van der Waals surface area contributed by atoms with Crippen LogP contribution in [0.5, 0.6) is 0 Å². The number of hydrogen-bond donors (Lipinski definition) is 2. The Balaban J connectivity index is 1.61. The van der Waals surface area contributed by atoms with Gasteiger partial charge in [0, 0.05) is 18.1 Å². The van der Waals surface area contributed by atoms with Crippen LogP contribution in [0.15, 0.2) is 23.2 Å². The number of nitrogens with zero attached hydrogens (tertiary/aromatic N) is 2. The Hall–Kier alpha value is -1.79. The van der Waals surface area contributed by atoms with Crippen LogP contribution >= 0.6 is 23.2 Å². The van der Waals surface area contributed by atoms with Crippen LogP contribution in [0.1, 0.15) is 26.2 Å². The molecule has 1 atom stereocenters. The second-order valence-electron chi connectivity index (χ2n) is 6.50. The van der Waals surface area contributed by atoms with Crippen LogP contribution in [0.2, 0.25) is 10.0 Å². The Morgan fingerprint density at radius 2 is 2.08 bits per heavy atom. The summed E-state index contributed by atoms with van der Waals surface area (Å²) >= 11 is 11.9. The van der Waals surface area contributed by atoms with Crippen molar-refractivity contribution in [3.8, 4) is 0 Å². The number of likely N-dealkylation sites (tertiary alicyclic amines) is 1. The van der Waals surface area contributed by atoms with Crippen LogP contribution in [-0.2, 0) is 9.59 Å². The van der Waals surface area contributed by atoms with Crippen molar-refractivity contribution in [1.29, 1.82) is 0 Å². The lowest BCUT2D eigenvalue weighted by atomic mass is 10.00. The van der Waals surface area contributed by atoms with Crippen molar-refractivity contribution >= 4 is 46.7 Å². The summed E-state index contributed by atoms with van der Waals surface area (Å²) < 4.78 is 0. The topological polar surface area (TPSA) is 73.8 Å². The Kier molecular flexibility index (Phi) is 5.49. The SMILES string of the molecule is CC1CCN(C2=N[C@H](CC(=O)Nc3cc(Cl)ccc3Cl)C(=O)N2)CC1. The van der Waals surface area contributed by atoms with Gasteiger partial charge in [-0.25, -0.2) is 4.99 Å². The van der Waals surface area contributed by atoms with E-state index >= 15 is 0 Å². The first kappa shape index (κ1) is 18.0. The third-order valence-corrected chi connectivity index (χ3v) is 5.04. The fourth-order valence-corrected chi connectivity index (χ4v) is 3.26. The molecule has 1 aromatic carbocycles. The van der Waals surface area contributed by atoms with Gasteiger partial charge in [-0.05, 0) is 37.0 Å². The predicted octanol–water partition coefficient (Wildman–Crippen LogP) is 2.91. The Morgan fingerprint density at radius 1 is 1.36 bits per heavy atom. The molecule has 0 radical (unpaired) electrons. The number of amides is 2. The highest BCUT2D eigenvalue weighted by Gasteiger charge is 2.32. The summed E-state index contributed by atoms with van der Waals surface area (Å²) in [5, 5.41) is 6.33. The van der Waals surface area contributed by atoms with Gasteiger partial charge in [-0.15, -0.1) is 0 Å². The van der Waals surface area contributed by atoms with Gasteiger partial charge in [0.15, 0.2) is 0 Å². The first-order valence-electron chi connectivity index (χ1n) is 8.31. The zero-order valence-corrected chi connectivity index (χ0v) is 15.4. The highest BCUT2D eigenvalue weighted by molar-refractivity contribution is 6.35. The molecule has 2 amide bonds. The summed E-state index contributed by atoms with van der Waals surface area (Å²) in [6, 6.07) is 4.10. The normalized spacial score (nSPS) is 21.1. The van der Waals surface area contributed by atoms with E-state index in [2.05, 4.69) is 27.4 Å². The van der Waals surface area contributed by atoms with Gasteiger partial charge in [0.2, 0.25) is 11.9 Å². The van der Waals surface area contributed by atoms with E-state index in [1.165, 1.54) is 0 Å². The monoisotopic (exact) mass is 382 g/mol. The number of benzene rings is 1. The minimum atomic E-state index is -0.715. The molecule has 0 aromatic heterocycles. The molecule has 1 fully saturated rings. The van der Waals surface area contributed by atoms with E-state index in [0.717, 1.165) is 25.9 Å². The Morgan fingerprint density at radius 3 is 2.80 bits per heavy atom. The van der Waals surface area contributed by atoms with E-state index in [1.807, 2.05) is 0 Å². The van der Waals surface area contributed by atoms with Crippen LogP contribution in [0, 0.1) is 5.92 Å². The van der Waals surface area contributed by atoms with Crippen LogP contribution < -0.4 is 10.6 Å². The van der Waals surface area contributed by atoms with Gasteiger partial charge < -0.3 is 10.2 Å². The molecule has 0 aliphatic carbocycles. The van der Waals surface area contributed by atoms with Crippen molar-refractivity contribution in [3.63, 3.8) is 0 Å². The number of nitrogens with one attached hydrogen (secondary N) is 2. The number of carbonyl (C=O) groups excluding carboxylic acids is 2. The molecule has 0 unspecified atom stereocenters. The minimum absolute atomic E-state index is 0.0393. The summed E-state index contributed by atoms with van der Waals surface area (Å²) in [4.78, 5) is 30.8. The second-order valence-corrected chi connectivity index (χ2v) is 7.35. The zero-order valence-electron chi connectivity index (χ0n) is 13.9. The van der Waals surface area contributed by atoms with Crippen LogP contribution in [-0.4, -0.2) is 41.8 Å². The van der Waals surface area contributed by atoms with E-state index in [9.17, 15) is 9.59 Å². The van der Waals surface area contributed by atoms with Gasteiger partial charge in [0.25, 0.3) is 5.91 Å². The lowest BCUT2D eigenvalue weighted by Gasteiger charge is -2.31. The average molecular weight is 383 g/mol. The molecule has 0 bridgehead atoms. The average Bonchev–Trinajstić information content (AvgIpc) is 2.92. The van der Waals surface area contributed by atoms with E-state index in [4.69, 9.17) is 23.2 Å². The molecular formula is C17H20Cl2N4O2. The van der Waals surface area contributed by atoms with Gasteiger partial charge in [-0.1, -0.05) is 30.1 Å². The zero-order chi connectivity index (χ0) is 18.0. The summed E-state index contributed by atoms with van der Waals surface area (Å²) in [5.74, 6) is 0.691.